The van der Waals surface area contributed by atoms with Crippen LogP contribution in [0.15, 0.2) is 29.2 Å². The summed E-state index contributed by atoms with van der Waals surface area (Å²) in [5.74, 6) is -1.05. The summed E-state index contributed by atoms with van der Waals surface area (Å²) < 4.78 is 31.0. The number of carboxylic acids is 1. The molecule has 0 heterocycles. The van der Waals surface area contributed by atoms with Gasteiger partial charge in [0.1, 0.15) is 12.4 Å². The van der Waals surface area contributed by atoms with E-state index in [9.17, 15) is 18.3 Å². The molecule has 0 aliphatic heterocycles. The van der Waals surface area contributed by atoms with Crippen molar-refractivity contribution in [2.75, 3.05) is 6.61 Å². The lowest BCUT2D eigenvalue weighted by molar-refractivity contribution is -0.307. The third kappa shape index (κ3) is 3.44. The first kappa shape index (κ1) is 12.8. The number of aliphatic carboxylic acids is 1. The number of benzene rings is 1. The normalized spacial score (nSPS) is 15.3. The molecule has 1 aromatic carbocycles. The van der Waals surface area contributed by atoms with E-state index < -0.39 is 22.6 Å². The Morgan fingerprint density at radius 1 is 1.33 bits per heavy atom. The SMILES string of the molecule is O=C([O-])COc1ccc(S(=O)(=O)NC2CC2)cc1. The molecule has 7 heteroatoms. The van der Waals surface area contributed by atoms with E-state index in [0.717, 1.165) is 12.8 Å². The van der Waals surface area contributed by atoms with Gasteiger partial charge in [0.15, 0.2) is 0 Å². The predicted molar refractivity (Wildman–Crippen MR) is 60.3 cm³/mol. The van der Waals surface area contributed by atoms with Crippen molar-refractivity contribution >= 4 is 16.0 Å². The summed E-state index contributed by atoms with van der Waals surface area (Å²) in [6.07, 6.45) is 1.73. The first-order valence-corrected chi connectivity index (χ1v) is 6.91. The van der Waals surface area contributed by atoms with Gasteiger partial charge >= 0.3 is 0 Å². The Hall–Kier alpha value is -1.60. The maximum Gasteiger partial charge on any atom is 0.240 e. The van der Waals surface area contributed by atoms with Crippen LogP contribution in [0.4, 0.5) is 0 Å². The Bertz CT molecular complexity index is 533. The summed E-state index contributed by atoms with van der Waals surface area (Å²) in [6.45, 7) is -0.563. The average Bonchev–Trinajstić information content (AvgIpc) is 3.10. The van der Waals surface area contributed by atoms with Crippen LogP contribution in [0.2, 0.25) is 0 Å². The zero-order valence-corrected chi connectivity index (χ0v) is 10.3. The van der Waals surface area contributed by atoms with Crippen LogP contribution in [0.25, 0.3) is 0 Å². The quantitative estimate of drug-likeness (QED) is 0.734. The Kier molecular flexibility index (Phi) is 3.53. The van der Waals surface area contributed by atoms with Crippen LogP contribution in [0.3, 0.4) is 0 Å². The first-order chi connectivity index (χ1) is 8.47. The molecule has 6 nitrogen and oxygen atoms in total. The maximum atomic E-state index is 11.8. The molecule has 0 unspecified atom stereocenters. The van der Waals surface area contributed by atoms with Crippen LogP contribution >= 0.6 is 0 Å². The lowest BCUT2D eigenvalue weighted by Gasteiger charge is -2.08. The van der Waals surface area contributed by atoms with Gasteiger partial charge in [-0.2, -0.15) is 0 Å². The number of hydrogen-bond acceptors (Lipinski definition) is 5. The van der Waals surface area contributed by atoms with Crippen LogP contribution in [0, 0.1) is 0 Å². The first-order valence-electron chi connectivity index (χ1n) is 5.42. The smallest absolute Gasteiger partial charge is 0.240 e. The highest BCUT2D eigenvalue weighted by Gasteiger charge is 2.27. The van der Waals surface area contributed by atoms with E-state index in [1.54, 1.807) is 0 Å². The van der Waals surface area contributed by atoms with Gasteiger partial charge in [0.05, 0.1) is 10.9 Å². The zero-order valence-electron chi connectivity index (χ0n) is 9.46. The summed E-state index contributed by atoms with van der Waals surface area (Å²) in [7, 11) is -3.48. The largest absolute Gasteiger partial charge is 0.546 e. The summed E-state index contributed by atoms with van der Waals surface area (Å²) in [4.78, 5) is 10.3. The van der Waals surface area contributed by atoms with Crippen molar-refractivity contribution in [1.29, 1.82) is 0 Å². The fourth-order valence-electron chi connectivity index (χ4n) is 1.35. The second kappa shape index (κ2) is 4.95. The Balaban J connectivity index is 2.04. The number of hydrogen-bond donors (Lipinski definition) is 1. The fraction of sp³-hybridized carbons (Fsp3) is 0.364. The molecule has 0 amide bonds. The van der Waals surface area contributed by atoms with Crippen molar-refractivity contribution in [3.63, 3.8) is 0 Å². The molecule has 1 aliphatic carbocycles. The number of sulfonamides is 1. The van der Waals surface area contributed by atoms with Crippen LogP contribution in [-0.4, -0.2) is 27.0 Å². The van der Waals surface area contributed by atoms with E-state index >= 15 is 0 Å². The minimum absolute atomic E-state index is 0.0454. The van der Waals surface area contributed by atoms with E-state index in [0.29, 0.717) is 0 Å². The lowest BCUT2D eigenvalue weighted by Crippen LogP contribution is -2.29. The minimum atomic E-state index is -3.48. The Labute approximate surface area is 105 Å². The van der Waals surface area contributed by atoms with Gasteiger partial charge in [-0.15, -0.1) is 0 Å². The number of carbonyl (C=O) groups is 1. The Morgan fingerprint density at radius 2 is 1.94 bits per heavy atom. The molecule has 1 aromatic rings. The summed E-state index contributed by atoms with van der Waals surface area (Å²) in [5, 5.41) is 10.2. The van der Waals surface area contributed by atoms with Crippen LogP contribution < -0.4 is 14.6 Å². The molecular weight excluding hydrogens is 258 g/mol. The second-order valence-electron chi connectivity index (χ2n) is 4.03. The molecule has 18 heavy (non-hydrogen) atoms. The molecule has 0 radical (unpaired) electrons. The van der Waals surface area contributed by atoms with E-state index in [4.69, 9.17) is 4.74 Å². The minimum Gasteiger partial charge on any atom is -0.546 e. The lowest BCUT2D eigenvalue weighted by atomic mass is 10.3. The van der Waals surface area contributed by atoms with E-state index in [1.165, 1.54) is 24.3 Å². The van der Waals surface area contributed by atoms with Gasteiger partial charge in [-0.25, -0.2) is 13.1 Å². The van der Waals surface area contributed by atoms with Crippen molar-refractivity contribution in [3.05, 3.63) is 24.3 Å². The Morgan fingerprint density at radius 3 is 2.44 bits per heavy atom. The van der Waals surface area contributed by atoms with E-state index in [2.05, 4.69) is 4.72 Å². The monoisotopic (exact) mass is 270 g/mol. The highest BCUT2D eigenvalue weighted by atomic mass is 32.2. The third-order valence-electron chi connectivity index (χ3n) is 2.39. The van der Waals surface area contributed by atoms with Gasteiger partial charge < -0.3 is 14.6 Å². The number of ether oxygens (including phenoxy) is 1. The number of carbonyl (C=O) groups excluding carboxylic acids is 1. The summed E-state index contributed by atoms with van der Waals surface area (Å²) >= 11 is 0. The highest BCUT2D eigenvalue weighted by molar-refractivity contribution is 7.89. The van der Waals surface area contributed by atoms with E-state index in [1.807, 2.05) is 0 Å². The topological polar surface area (TPSA) is 95.5 Å². The van der Waals surface area contributed by atoms with Crippen LogP contribution in [-0.2, 0) is 14.8 Å². The molecule has 2 rings (SSSR count). The summed E-state index contributed by atoms with van der Waals surface area (Å²) in [6, 6.07) is 5.60. The molecule has 1 saturated carbocycles. The van der Waals surface area contributed by atoms with Gasteiger partial charge in [0.2, 0.25) is 10.0 Å². The molecule has 1 aliphatic rings. The van der Waals surface area contributed by atoms with Crippen molar-refractivity contribution in [1.82, 2.24) is 4.72 Å². The molecule has 0 saturated heterocycles. The molecule has 1 N–H and O–H groups in total. The molecular formula is C11H12NO5S-. The molecule has 0 bridgehead atoms. The van der Waals surface area contributed by atoms with Gasteiger partial charge in [-0.05, 0) is 37.1 Å². The molecule has 0 aromatic heterocycles. The fourth-order valence-corrected chi connectivity index (χ4v) is 2.65. The molecule has 0 spiro atoms. The molecule has 0 atom stereocenters. The van der Waals surface area contributed by atoms with Gasteiger partial charge in [-0.1, -0.05) is 0 Å². The summed E-state index contributed by atoms with van der Waals surface area (Å²) in [5.41, 5.74) is 0. The number of carboxylic acid groups (broad SMARTS) is 1. The number of rotatable bonds is 6. The highest BCUT2D eigenvalue weighted by Crippen LogP contribution is 2.23. The molecule has 1 fully saturated rings. The van der Waals surface area contributed by atoms with Gasteiger partial charge in [0.25, 0.3) is 0 Å². The van der Waals surface area contributed by atoms with Crippen LogP contribution in [0.1, 0.15) is 12.8 Å². The second-order valence-corrected chi connectivity index (χ2v) is 5.74. The number of nitrogens with one attached hydrogen (secondary N) is 1. The predicted octanol–water partition coefficient (Wildman–Crippen LogP) is -0.744. The van der Waals surface area contributed by atoms with Crippen molar-refractivity contribution in [2.45, 2.75) is 23.8 Å². The standard InChI is InChI=1S/C11H13NO5S/c13-11(14)7-17-9-3-5-10(6-4-9)18(15,16)12-8-1-2-8/h3-6,8,12H,1-2,7H2,(H,13,14)/p-1. The van der Waals surface area contributed by atoms with Crippen molar-refractivity contribution < 1.29 is 23.1 Å². The maximum absolute atomic E-state index is 11.8. The van der Waals surface area contributed by atoms with Crippen molar-refractivity contribution in [2.24, 2.45) is 0 Å². The van der Waals surface area contributed by atoms with E-state index in [-0.39, 0.29) is 16.7 Å². The zero-order chi connectivity index (χ0) is 13.2. The van der Waals surface area contributed by atoms with Crippen molar-refractivity contribution in [3.8, 4) is 5.75 Å². The van der Waals surface area contributed by atoms with Gasteiger partial charge in [-0.3, -0.25) is 0 Å². The third-order valence-corrected chi connectivity index (χ3v) is 3.93. The van der Waals surface area contributed by atoms with Crippen LogP contribution in [0.5, 0.6) is 5.75 Å². The average molecular weight is 270 g/mol. The van der Waals surface area contributed by atoms with Gasteiger partial charge in [0, 0.05) is 6.04 Å². The molecule has 98 valence electrons.